The van der Waals surface area contributed by atoms with Crippen molar-refractivity contribution in [1.82, 2.24) is 4.90 Å². The minimum Gasteiger partial charge on any atom is -0.489 e. The fraction of sp³-hybridized carbons (Fsp3) is 0.250. The Kier molecular flexibility index (Phi) is 4.96. The van der Waals surface area contributed by atoms with Crippen LogP contribution >= 0.6 is 0 Å². The molecule has 3 rings (SSSR count). The second-order valence-corrected chi connectivity index (χ2v) is 5.84. The van der Waals surface area contributed by atoms with Gasteiger partial charge in [0.05, 0.1) is 18.7 Å². The second kappa shape index (κ2) is 7.32. The number of methoxy groups -OCH3 is 1. The number of benzene rings is 2. The normalized spacial score (nSPS) is 17.8. The van der Waals surface area contributed by atoms with E-state index >= 15 is 0 Å². The maximum Gasteiger partial charge on any atom is 0.335 e. The molecule has 124 valence electrons. The first kappa shape index (κ1) is 16.3. The van der Waals surface area contributed by atoms with Gasteiger partial charge in [0, 0.05) is 6.54 Å². The molecule has 0 amide bonds. The highest BCUT2D eigenvalue weighted by molar-refractivity contribution is 5.92. The Balaban J connectivity index is 1.89. The van der Waals surface area contributed by atoms with E-state index in [1.54, 1.807) is 0 Å². The highest BCUT2D eigenvalue weighted by Gasteiger charge is 2.36. The average Bonchev–Trinajstić information content (AvgIpc) is 2.97. The van der Waals surface area contributed by atoms with E-state index in [0.717, 1.165) is 16.9 Å². The van der Waals surface area contributed by atoms with Crippen molar-refractivity contribution in [1.29, 1.82) is 0 Å². The zero-order chi connectivity index (χ0) is 16.9. The van der Waals surface area contributed by atoms with Crippen molar-refractivity contribution in [2.24, 2.45) is 0 Å². The Morgan fingerprint density at radius 2 is 1.71 bits per heavy atom. The molecule has 0 N–H and O–H groups in total. The molecular formula is C20H21NO3. The van der Waals surface area contributed by atoms with E-state index in [9.17, 15) is 4.79 Å². The Morgan fingerprint density at radius 1 is 1.08 bits per heavy atom. The van der Waals surface area contributed by atoms with Crippen molar-refractivity contribution >= 4 is 5.97 Å². The Morgan fingerprint density at radius 3 is 2.33 bits per heavy atom. The van der Waals surface area contributed by atoms with Crippen LogP contribution < -0.4 is 4.74 Å². The van der Waals surface area contributed by atoms with Crippen LogP contribution in [-0.4, -0.2) is 38.2 Å². The van der Waals surface area contributed by atoms with Crippen LogP contribution in [0, 0.1) is 0 Å². The van der Waals surface area contributed by atoms with Gasteiger partial charge in [-0.1, -0.05) is 48.5 Å². The van der Waals surface area contributed by atoms with Crippen LogP contribution in [0.15, 0.2) is 71.8 Å². The largest absolute Gasteiger partial charge is 0.489 e. The van der Waals surface area contributed by atoms with Gasteiger partial charge in [0.2, 0.25) is 0 Å². The smallest absolute Gasteiger partial charge is 0.335 e. The van der Waals surface area contributed by atoms with Gasteiger partial charge >= 0.3 is 5.97 Å². The molecule has 0 saturated heterocycles. The van der Waals surface area contributed by atoms with Crippen LogP contribution in [0.3, 0.4) is 0 Å². The third kappa shape index (κ3) is 3.34. The highest BCUT2D eigenvalue weighted by atomic mass is 16.5. The average molecular weight is 323 g/mol. The molecule has 4 heteroatoms. The fourth-order valence-corrected chi connectivity index (χ4v) is 3.12. The highest BCUT2D eigenvalue weighted by Crippen LogP contribution is 2.36. The lowest BCUT2D eigenvalue weighted by Gasteiger charge is -2.22. The maximum atomic E-state index is 12.4. The number of likely N-dealkylation sites (N-methyl/N-ethyl adjacent to an activating group) is 1. The van der Waals surface area contributed by atoms with E-state index in [-0.39, 0.29) is 12.0 Å². The first-order valence-corrected chi connectivity index (χ1v) is 7.94. The molecule has 0 aliphatic carbocycles. The minimum absolute atomic E-state index is 0.104. The van der Waals surface area contributed by atoms with E-state index in [2.05, 4.69) is 4.90 Å². The second-order valence-electron chi connectivity index (χ2n) is 5.84. The van der Waals surface area contributed by atoms with E-state index in [1.807, 2.05) is 67.7 Å². The number of carbonyl (C=O) groups excluding carboxylic acids is 1. The number of hydrogen-bond donors (Lipinski definition) is 0. The van der Waals surface area contributed by atoms with E-state index in [0.29, 0.717) is 18.7 Å². The summed E-state index contributed by atoms with van der Waals surface area (Å²) in [6.45, 7) is 1.05. The van der Waals surface area contributed by atoms with Crippen LogP contribution in [0.25, 0.3) is 0 Å². The molecule has 0 radical (unpaired) electrons. The van der Waals surface area contributed by atoms with Gasteiger partial charge in [-0.05, 0) is 30.3 Å². The van der Waals surface area contributed by atoms with Crippen LogP contribution in [0.1, 0.15) is 11.6 Å². The van der Waals surface area contributed by atoms with Crippen molar-refractivity contribution < 1.29 is 14.3 Å². The summed E-state index contributed by atoms with van der Waals surface area (Å²) in [7, 11) is 3.43. The van der Waals surface area contributed by atoms with Crippen molar-refractivity contribution in [3.05, 3.63) is 77.4 Å². The number of carbonyl (C=O) groups is 1. The molecule has 1 heterocycles. The summed E-state index contributed by atoms with van der Waals surface area (Å²) < 4.78 is 10.9. The van der Waals surface area contributed by atoms with Gasteiger partial charge in [-0.2, -0.15) is 0 Å². The Hall–Kier alpha value is -2.59. The summed E-state index contributed by atoms with van der Waals surface area (Å²) in [5, 5.41) is 0. The van der Waals surface area contributed by atoms with Crippen molar-refractivity contribution in [3.63, 3.8) is 0 Å². The molecule has 0 unspecified atom stereocenters. The van der Waals surface area contributed by atoms with Crippen LogP contribution in [-0.2, 0) is 9.53 Å². The molecular weight excluding hydrogens is 302 g/mol. The Bertz CT molecular complexity index is 725. The summed E-state index contributed by atoms with van der Waals surface area (Å²) >= 11 is 0. The lowest BCUT2D eigenvalue weighted by molar-refractivity contribution is -0.136. The molecule has 2 aromatic carbocycles. The van der Waals surface area contributed by atoms with Gasteiger partial charge in [0.1, 0.15) is 12.4 Å². The molecule has 2 aromatic rings. The van der Waals surface area contributed by atoms with E-state index in [4.69, 9.17) is 9.47 Å². The quantitative estimate of drug-likeness (QED) is 0.792. The molecule has 1 atom stereocenters. The van der Waals surface area contributed by atoms with Gasteiger partial charge in [-0.15, -0.1) is 0 Å². The Labute approximate surface area is 142 Å². The standard InChI is InChI=1S/C20H21NO3/c1-21-13-16(14-24-17-11-7-4-8-12-17)18(20(22)23-2)19(21)15-9-5-3-6-10-15/h3-12,19H,13-14H2,1-2H3/t19-/m0/s1. The first-order chi connectivity index (χ1) is 11.7. The molecule has 24 heavy (non-hydrogen) atoms. The zero-order valence-corrected chi connectivity index (χ0v) is 13.9. The third-order valence-electron chi connectivity index (χ3n) is 4.21. The molecule has 1 aliphatic rings. The number of hydrogen-bond acceptors (Lipinski definition) is 4. The number of nitrogens with zero attached hydrogens (tertiary/aromatic N) is 1. The van der Waals surface area contributed by atoms with E-state index in [1.165, 1.54) is 7.11 Å². The van der Waals surface area contributed by atoms with Crippen LogP contribution in [0.2, 0.25) is 0 Å². The van der Waals surface area contributed by atoms with Crippen molar-refractivity contribution in [2.45, 2.75) is 6.04 Å². The first-order valence-electron chi connectivity index (χ1n) is 7.94. The molecule has 1 aliphatic heterocycles. The number of rotatable bonds is 5. The summed E-state index contributed by atoms with van der Waals surface area (Å²) in [4.78, 5) is 14.5. The van der Waals surface area contributed by atoms with Gasteiger partial charge in [-0.25, -0.2) is 4.79 Å². The maximum absolute atomic E-state index is 12.4. The predicted molar refractivity (Wildman–Crippen MR) is 92.8 cm³/mol. The molecule has 0 fully saturated rings. The molecule has 0 bridgehead atoms. The van der Waals surface area contributed by atoms with Crippen LogP contribution in [0.5, 0.6) is 5.75 Å². The summed E-state index contributed by atoms with van der Waals surface area (Å²) in [6.07, 6.45) is 0. The van der Waals surface area contributed by atoms with Crippen molar-refractivity contribution in [2.75, 3.05) is 27.3 Å². The van der Waals surface area contributed by atoms with Gasteiger partial charge in [0.15, 0.2) is 0 Å². The van der Waals surface area contributed by atoms with Crippen LogP contribution in [0.4, 0.5) is 0 Å². The third-order valence-corrected chi connectivity index (χ3v) is 4.21. The van der Waals surface area contributed by atoms with Gasteiger partial charge < -0.3 is 9.47 Å². The lowest BCUT2D eigenvalue weighted by atomic mass is 9.98. The molecule has 0 aromatic heterocycles. The summed E-state index contributed by atoms with van der Waals surface area (Å²) in [6, 6.07) is 19.5. The monoisotopic (exact) mass is 323 g/mol. The molecule has 4 nitrogen and oxygen atoms in total. The van der Waals surface area contributed by atoms with E-state index < -0.39 is 0 Å². The molecule has 0 saturated carbocycles. The number of esters is 1. The summed E-state index contributed by atoms with van der Waals surface area (Å²) in [5.41, 5.74) is 2.72. The van der Waals surface area contributed by atoms with Crippen molar-refractivity contribution in [3.8, 4) is 5.75 Å². The minimum atomic E-state index is -0.292. The van der Waals surface area contributed by atoms with Gasteiger partial charge in [-0.3, -0.25) is 4.90 Å². The number of para-hydroxylation sites is 1. The topological polar surface area (TPSA) is 38.8 Å². The molecule has 0 spiro atoms. The zero-order valence-electron chi connectivity index (χ0n) is 13.9. The number of ether oxygens (including phenoxy) is 2. The lowest BCUT2D eigenvalue weighted by Crippen LogP contribution is -2.23. The fourth-order valence-electron chi connectivity index (χ4n) is 3.12. The summed E-state index contributed by atoms with van der Waals surface area (Å²) in [5.74, 6) is 0.500. The SMILES string of the molecule is COC(=O)C1=C(COc2ccccc2)CN(C)[C@H]1c1ccccc1. The van der Waals surface area contributed by atoms with Gasteiger partial charge in [0.25, 0.3) is 0 Å². The predicted octanol–water partition coefficient (Wildman–Crippen LogP) is 3.22.